The minimum Gasteiger partial charge on any atom is -0.301 e. The highest BCUT2D eigenvalue weighted by atomic mass is 79.9. The molecule has 0 unspecified atom stereocenters. The number of ketones is 1. The van der Waals surface area contributed by atoms with E-state index in [1.54, 1.807) is 6.07 Å². The van der Waals surface area contributed by atoms with Gasteiger partial charge in [0.2, 0.25) is 0 Å². The lowest BCUT2D eigenvalue weighted by Crippen LogP contribution is -2.35. The molecule has 0 bridgehead atoms. The molecule has 0 saturated carbocycles. The van der Waals surface area contributed by atoms with Crippen LogP contribution in [0.3, 0.4) is 0 Å². The summed E-state index contributed by atoms with van der Waals surface area (Å²) in [5.74, 6) is -0.986. The Morgan fingerprint density at radius 1 is 1.31 bits per heavy atom. The van der Waals surface area contributed by atoms with Crippen molar-refractivity contribution in [1.82, 2.24) is 0 Å². The third-order valence-corrected chi connectivity index (χ3v) is 3.27. The summed E-state index contributed by atoms with van der Waals surface area (Å²) in [6, 6.07) is 3.15. The summed E-state index contributed by atoms with van der Waals surface area (Å²) in [6.45, 7) is 3.72. The van der Waals surface area contributed by atoms with Gasteiger partial charge in [-0.2, -0.15) is 0 Å². The van der Waals surface area contributed by atoms with Gasteiger partial charge in [-0.1, -0.05) is 11.6 Å². The van der Waals surface area contributed by atoms with E-state index in [-0.39, 0.29) is 6.04 Å². The van der Waals surface area contributed by atoms with Crippen LogP contribution in [0.5, 0.6) is 0 Å². The highest BCUT2D eigenvalue weighted by Crippen LogP contribution is 2.39. The molecule has 0 fully saturated rings. The normalized spacial score (nSPS) is 14.9. The lowest BCUT2D eigenvalue weighted by Gasteiger charge is -2.21. The molecule has 0 aromatic heterocycles. The Labute approximate surface area is 107 Å². The summed E-state index contributed by atoms with van der Waals surface area (Å²) >= 11 is 9.19. The van der Waals surface area contributed by atoms with Crippen molar-refractivity contribution >= 4 is 44.9 Å². The van der Waals surface area contributed by atoms with E-state index in [1.165, 1.54) is 11.0 Å². The first-order valence-electron chi connectivity index (χ1n) is 4.80. The van der Waals surface area contributed by atoms with E-state index in [9.17, 15) is 9.59 Å². The summed E-state index contributed by atoms with van der Waals surface area (Å²) < 4.78 is 0.669. The summed E-state index contributed by atoms with van der Waals surface area (Å²) in [7, 11) is 0. The number of amides is 1. The molecule has 16 heavy (non-hydrogen) atoms. The molecule has 1 amide bonds. The third-order valence-electron chi connectivity index (χ3n) is 2.44. The van der Waals surface area contributed by atoms with Crippen LogP contribution in [0.2, 0.25) is 5.02 Å². The fourth-order valence-corrected chi connectivity index (χ4v) is 2.80. The van der Waals surface area contributed by atoms with Crippen molar-refractivity contribution in [3.63, 3.8) is 0 Å². The number of Topliss-reactive ketones (excluding diaryl/α,β-unsaturated/α-hetero) is 1. The Balaban J connectivity index is 2.70. The standard InChI is InChI=1S/C11H9BrClNO2/c1-5(2)14-9-7(10(15)11(14)16)3-6(13)4-8(9)12/h3-5H,1-2H3. The van der Waals surface area contributed by atoms with Crippen LogP contribution < -0.4 is 4.90 Å². The minimum absolute atomic E-state index is 0.0600. The Morgan fingerprint density at radius 2 is 1.94 bits per heavy atom. The molecule has 1 heterocycles. The molecule has 0 aliphatic carbocycles. The Morgan fingerprint density at radius 3 is 2.50 bits per heavy atom. The number of carbonyl (C=O) groups excluding carboxylic acids is 2. The zero-order valence-electron chi connectivity index (χ0n) is 8.75. The molecule has 84 valence electrons. The van der Waals surface area contributed by atoms with Crippen LogP contribution in [0.15, 0.2) is 16.6 Å². The Kier molecular flexibility index (Phi) is 2.80. The van der Waals surface area contributed by atoms with Gasteiger partial charge in [-0.3, -0.25) is 9.59 Å². The zero-order chi connectivity index (χ0) is 12.0. The number of hydrogen-bond donors (Lipinski definition) is 0. The third kappa shape index (κ3) is 1.57. The van der Waals surface area contributed by atoms with Gasteiger partial charge in [0.25, 0.3) is 11.7 Å². The molecule has 0 N–H and O–H groups in total. The van der Waals surface area contributed by atoms with Crippen LogP contribution >= 0.6 is 27.5 Å². The second-order valence-electron chi connectivity index (χ2n) is 3.88. The number of nitrogens with zero attached hydrogens (tertiary/aromatic N) is 1. The van der Waals surface area contributed by atoms with E-state index >= 15 is 0 Å². The highest BCUT2D eigenvalue weighted by molar-refractivity contribution is 9.10. The smallest absolute Gasteiger partial charge is 0.299 e. The fourth-order valence-electron chi connectivity index (χ4n) is 1.80. The van der Waals surface area contributed by atoms with Crippen molar-refractivity contribution in [1.29, 1.82) is 0 Å². The van der Waals surface area contributed by atoms with Gasteiger partial charge in [-0.25, -0.2) is 0 Å². The van der Waals surface area contributed by atoms with Gasteiger partial charge < -0.3 is 4.90 Å². The predicted octanol–water partition coefficient (Wildman–Crippen LogP) is 3.04. The molecule has 1 aliphatic rings. The second-order valence-corrected chi connectivity index (χ2v) is 5.17. The van der Waals surface area contributed by atoms with Gasteiger partial charge in [0, 0.05) is 15.5 Å². The van der Waals surface area contributed by atoms with Crippen LogP contribution in [0.4, 0.5) is 5.69 Å². The van der Waals surface area contributed by atoms with Crippen molar-refractivity contribution in [2.75, 3.05) is 4.90 Å². The summed E-state index contributed by atoms with van der Waals surface area (Å²) in [4.78, 5) is 25.0. The Hall–Kier alpha value is -0.870. The highest BCUT2D eigenvalue weighted by Gasteiger charge is 2.38. The molecule has 1 aliphatic heterocycles. The van der Waals surface area contributed by atoms with Gasteiger partial charge in [0.15, 0.2) is 0 Å². The zero-order valence-corrected chi connectivity index (χ0v) is 11.1. The van der Waals surface area contributed by atoms with Gasteiger partial charge in [0.1, 0.15) is 0 Å². The van der Waals surface area contributed by atoms with Crippen molar-refractivity contribution < 1.29 is 9.59 Å². The molecule has 3 nitrogen and oxygen atoms in total. The van der Waals surface area contributed by atoms with E-state index in [0.29, 0.717) is 20.7 Å². The average Bonchev–Trinajstić information content (AvgIpc) is 2.42. The molecular weight excluding hydrogens is 293 g/mol. The molecule has 5 heteroatoms. The maximum Gasteiger partial charge on any atom is 0.299 e. The lowest BCUT2D eigenvalue weighted by atomic mass is 10.1. The van der Waals surface area contributed by atoms with E-state index in [4.69, 9.17) is 11.6 Å². The first kappa shape index (κ1) is 11.6. The molecule has 0 saturated heterocycles. The van der Waals surface area contributed by atoms with Crippen LogP contribution in [-0.2, 0) is 4.79 Å². The molecule has 2 rings (SSSR count). The molecule has 1 aromatic rings. The maximum absolute atomic E-state index is 11.8. The summed E-state index contributed by atoms with van der Waals surface area (Å²) in [5.41, 5.74) is 0.993. The van der Waals surface area contributed by atoms with Crippen LogP contribution in [0.25, 0.3) is 0 Å². The van der Waals surface area contributed by atoms with E-state index in [2.05, 4.69) is 15.9 Å². The molecule has 0 spiro atoms. The number of rotatable bonds is 1. The average molecular weight is 303 g/mol. The topological polar surface area (TPSA) is 37.4 Å². The minimum atomic E-state index is -0.494. The predicted molar refractivity (Wildman–Crippen MR) is 66.1 cm³/mol. The van der Waals surface area contributed by atoms with E-state index in [0.717, 1.165) is 0 Å². The maximum atomic E-state index is 11.8. The number of fused-ring (bicyclic) bond motifs is 1. The van der Waals surface area contributed by atoms with Gasteiger partial charge in [-0.15, -0.1) is 0 Å². The number of halogens is 2. The van der Waals surface area contributed by atoms with Crippen molar-refractivity contribution in [2.24, 2.45) is 0 Å². The van der Waals surface area contributed by atoms with Crippen LogP contribution in [0, 0.1) is 0 Å². The van der Waals surface area contributed by atoms with Crippen molar-refractivity contribution in [3.05, 3.63) is 27.2 Å². The lowest BCUT2D eigenvalue weighted by molar-refractivity contribution is -0.114. The van der Waals surface area contributed by atoms with Gasteiger partial charge in [-0.05, 0) is 41.9 Å². The first-order valence-corrected chi connectivity index (χ1v) is 5.97. The Bertz CT molecular complexity index is 499. The summed E-state index contributed by atoms with van der Waals surface area (Å²) in [5, 5.41) is 0.442. The number of hydrogen-bond acceptors (Lipinski definition) is 2. The molecule has 0 radical (unpaired) electrons. The van der Waals surface area contributed by atoms with Gasteiger partial charge in [0.05, 0.1) is 11.3 Å². The molecular formula is C11H9BrClNO2. The van der Waals surface area contributed by atoms with Crippen LogP contribution in [-0.4, -0.2) is 17.7 Å². The summed E-state index contributed by atoms with van der Waals surface area (Å²) in [6.07, 6.45) is 0. The SMILES string of the molecule is CC(C)N1C(=O)C(=O)c2cc(Cl)cc(Br)c21. The van der Waals surface area contributed by atoms with E-state index < -0.39 is 11.7 Å². The van der Waals surface area contributed by atoms with Gasteiger partial charge >= 0.3 is 0 Å². The number of benzene rings is 1. The van der Waals surface area contributed by atoms with Crippen molar-refractivity contribution in [2.45, 2.75) is 19.9 Å². The van der Waals surface area contributed by atoms with Crippen molar-refractivity contribution in [3.8, 4) is 0 Å². The number of anilines is 1. The van der Waals surface area contributed by atoms with Crippen LogP contribution in [0.1, 0.15) is 24.2 Å². The molecule has 0 atom stereocenters. The van der Waals surface area contributed by atoms with E-state index in [1.807, 2.05) is 13.8 Å². The quantitative estimate of drug-likeness (QED) is 0.748. The first-order chi connectivity index (χ1) is 7.43. The number of carbonyl (C=O) groups is 2. The largest absolute Gasteiger partial charge is 0.301 e. The second kappa shape index (κ2) is 3.86. The molecule has 1 aromatic carbocycles. The monoisotopic (exact) mass is 301 g/mol. The fraction of sp³-hybridized carbons (Fsp3) is 0.273.